The number of carbonyl (C=O) groups is 1. The molecule has 1 unspecified atom stereocenters. The largest absolute Gasteiger partial charge is 0.479 e. The quantitative estimate of drug-likeness (QED) is 0.652. The Morgan fingerprint density at radius 2 is 2.30 bits per heavy atom. The first kappa shape index (κ1) is 14.5. The van der Waals surface area contributed by atoms with E-state index in [2.05, 4.69) is 5.32 Å². The molecular weight excluding hydrogens is 295 g/mol. The molecule has 108 valence electrons. The molecule has 0 spiro atoms. The Bertz CT molecular complexity index is 574. The lowest BCUT2D eigenvalue weighted by atomic mass is 9.98. The molecule has 1 aromatic carbocycles. The number of rotatable bonds is 4. The number of hydrogen-bond donors (Lipinski definition) is 2. The zero-order valence-electron chi connectivity index (χ0n) is 10.1. The van der Waals surface area contributed by atoms with Crippen LogP contribution in [0.15, 0.2) is 12.1 Å². The highest BCUT2D eigenvalue weighted by molar-refractivity contribution is 6.31. The van der Waals surface area contributed by atoms with Gasteiger partial charge in [0.15, 0.2) is 5.54 Å². The van der Waals surface area contributed by atoms with Crippen LogP contribution >= 0.6 is 11.6 Å². The summed E-state index contributed by atoms with van der Waals surface area (Å²) in [7, 11) is 0. The number of halogens is 2. The van der Waals surface area contributed by atoms with Crippen molar-refractivity contribution in [2.45, 2.75) is 12.0 Å². The van der Waals surface area contributed by atoms with Crippen LogP contribution in [0, 0.1) is 15.9 Å². The molecule has 1 aromatic rings. The summed E-state index contributed by atoms with van der Waals surface area (Å²) in [5, 5.41) is 22.3. The summed E-state index contributed by atoms with van der Waals surface area (Å²) >= 11 is 5.50. The second-order valence-corrected chi connectivity index (χ2v) is 4.76. The van der Waals surface area contributed by atoms with Gasteiger partial charge in [0, 0.05) is 25.2 Å². The molecule has 1 heterocycles. The molecule has 0 aromatic heterocycles. The van der Waals surface area contributed by atoms with Crippen LogP contribution in [-0.4, -0.2) is 34.8 Å². The number of benzene rings is 1. The molecule has 0 aliphatic carbocycles. The van der Waals surface area contributed by atoms with Crippen LogP contribution in [0.5, 0.6) is 0 Å². The van der Waals surface area contributed by atoms with Gasteiger partial charge in [-0.05, 0) is 0 Å². The van der Waals surface area contributed by atoms with E-state index in [4.69, 9.17) is 16.3 Å². The molecular formula is C11H10ClFN2O5. The van der Waals surface area contributed by atoms with Crippen LogP contribution in [0.25, 0.3) is 0 Å². The van der Waals surface area contributed by atoms with Crippen LogP contribution in [-0.2, 0) is 9.53 Å². The van der Waals surface area contributed by atoms with E-state index in [1.807, 2.05) is 0 Å². The van der Waals surface area contributed by atoms with Gasteiger partial charge in [-0.3, -0.25) is 10.1 Å². The topological polar surface area (TPSA) is 102 Å². The van der Waals surface area contributed by atoms with Crippen molar-refractivity contribution in [3.8, 4) is 0 Å². The maximum Gasteiger partial charge on any atom is 0.331 e. The molecule has 7 nitrogen and oxygen atoms in total. The summed E-state index contributed by atoms with van der Waals surface area (Å²) in [5.41, 5.74) is -2.25. The van der Waals surface area contributed by atoms with Gasteiger partial charge in [-0.15, -0.1) is 0 Å². The molecule has 1 fully saturated rings. The third-order valence-corrected chi connectivity index (χ3v) is 3.33. The number of nitrogens with one attached hydrogen (secondary N) is 1. The van der Waals surface area contributed by atoms with Crippen LogP contribution < -0.4 is 5.32 Å². The second-order valence-electron chi connectivity index (χ2n) is 4.36. The van der Waals surface area contributed by atoms with Gasteiger partial charge >= 0.3 is 5.97 Å². The first-order valence-electron chi connectivity index (χ1n) is 5.58. The fourth-order valence-corrected chi connectivity index (χ4v) is 2.09. The zero-order valence-corrected chi connectivity index (χ0v) is 10.8. The van der Waals surface area contributed by atoms with Gasteiger partial charge in [0.2, 0.25) is 0 Å². The lowest BCUT2D eigenvalue weighted by Gasteiger charge is -2.24. The highest BCUT2D eigenvalue weighted by Gasteiger charge is 2.43. The Morgan fingerprint density at radius 3 is 2.80 bits per heavy atom. The van der Waals surface area contributed by atoms with Crippen molar-refractivity contribution in [2.24, 2.45) is 0 Å². The van der Waals surface area contributed by atoms with Gasteiger partial charge < -0.3 is 15.2 Å². The molecule has 2 N–H and O–H groups in total. The number of hydrogen-bond acceptors (Lipinski definition) is 5. The average Bonchev–Trinajstić information content (AvgIpc) is 2.83. The maximum atomic E-state index is 13.4. The number of nitro groups is 1. The number of ether oxygens (including phenoxy) is 1. The van der Waals surface area contributed by atoms with Crippen molar-refractivity contribution in [2.75, 3.05) is 18.5 Å². The maximum absolute atomic E-state index is 13.4. The average molecular weight is 305 g/mol. The van der Waals surface area contributed by atoms with Crippen molar-refractivity contribution in [1.82, 2.24) is 0 Å². The monoisotopic (exact) mass is 304 g/mol. The first-order chi connectivity index (χ1) is 9.35. The summed E-state index contributed by atoms with van der Waals surface area (Å²) in [6.45, 7) is 0.0346. The van der Waals surface area contributed by atoms with Gasteiger partial charge in [0.05, 0.1) is 16.6 Å². The molecule has 1 aliphatic heterocycles. The van der Waals surface area contributed by atoms with Crippen LogP contribution in [0.1, 0.15) is 6.42 Å². The molecule has 2 rings (SSSR count). The first-order valence-corrected chi connectivity index (χ1v) is 5.96. The molecule has 1 saturated heterocycles. The van der Waals surface area contributed by atoms with Crippen LogP contribution in [0.4, 0.5) is 15.8 Å². The fraction of sp³-hybridized carbons (Fsp3) is 0.364. The summed E-state index contributed by atoms with van der Waals surface area (Å²) in [4.78, 5) is 21.5. The minimum absolute atomic E-state index is 0.115. The van der Waals surface area contributed by atoms with Crippen LogP contribution in [0.2, 0.25) is 5.02 Å². The third-order valence-electron chi connectivity index (χ3n) is 3.04. The Balaban J connectivity index is 2.44. The van der Waals surface area contributed by atoms with Crippen molar-refractivity contribution >= 4 is 28.9 Å². The second kappa shape index (κ2) is 5.22. The van der Waals surface area contributed by atoms with Gasteiger partial charge in [-0.25, -0.2) is 9.18 Å². The summed E-state index contributed by atoms with van der Waals surface area (Å²) in [6, 6.07) is 1.65. The predicted molar refractivity (Wildman–Crippen MR) is 67.5 cm³/mol. The van der Waals surface area contributed by atoms with E-state index in [0.29, 0.717) is 0 Å². The van der Waals surface area contributed by atoms with E-state index in [0.717, 1.165) is 12.1 Å². The SMILES string of the molecule is O=C(O)C1(Nc2cc(F)c(Cl)cc2[N+](=O)[O-])CCOC1. The molecule has 0 bridgehead atoms. The molecule has 0 saturated carbocycles. The minimum atomic E-state index is -1.51. The van der Waals surface area contributed by atoms with Gasteiger partial charge in [0.25, 0.3) is 5.69 Å². The summed E-state index contributed by atoms with van der Waals surface area (Å²) in [6.07, 6.45) is 0.115. The lowest BCUT2D eigenvalue weighted by Crippen LogP contribution is -2.47. The minimum Gasteiger partial charge on any atom is -0.479 e. The van der Waals surface area contributed by atoms with Crippen molar-refractivity contribution < 1.29 is 24.0 Å². The van der Waals surface area contributed by atoms with E-state index in [1.165, 1.54) is 0 Å². The Kier molecular flexibility index (Phi) is 3.78. The zero-order chi connectivity index (χ0) is 14.9. The van der Waals surface area contributed by atoms with Crippen molar-refractivity contribution in [3.63, 3.8) is 0 Å². The number of nitrogens with zero attached hydrogens (tertiary/aromatic N) is 1. The number of carboxylic acid groups (broad SMARTS) is 1. The number of carboxylic acids is 1. The highest BCUT2D eigenvalue weighted by Crippen LogP contribution is 2.34. The fourth-order valence-electron chi connectivity index (χ4n) is 1.93. The summed E-state index contributed by atoms with van der Waals surface area (Å²) < 4.78 is 18.5. The molecule has 1 atom stereocenters. The van der Waals surface area contributed by atoms with E-state index >= 15 is 0 Å². The number of aliphatic carboxylic acids is 1. The molecule has 0 amide bonds. The van der Waals surface area contributed by atoms with Gasteiger partial charge in [-0.1, -0.05) is 11.6 Å². The lowest BCUT2D eigenvalue weighted by molar-refractivity contribution is -0.384. The van der Waals surface area contributed by atoms with E-state index in [1.54, 1.807) is 0 Å². The van der Waals surface area contributed by atoms with Crippen LogP contribution in [0.3, 0.4) is 0 Å². The van der Waals surface area contributed by atoms with Crippen molar-refractivity contribution in [1.29, 1.82) is 0 Å². The Hall–Kier alpha value is -1.93. The predicted octanol–water partition coefficient (Wildman–Crippen LogP) is 2.04. The normalized spacial score (nSPS) is 21.7. The number of anilines is 1. The molecule has 0 radical (unpaired) electrons. The van der Waals surface area contributed by atoms with E-state index < -0.39 is 33.0 Å². The molecule has 9 heteroatoms. The van der Waals surface area contributed by atoms with Gasteiger partial charge in [0.1, 0.15) is 11.5 Å². The molecule has 20 heavy (non-hydrogen) atoms. The van der Waals surface area contributed by atoms with Gasteiger partial charge in [-0.2, -0.15) is 0 Å². The van der Waals surface area contributed by atoms with E-state index in [-0.39, 0.29) is 25.3 Å². The standard InChI is InChI=1S/C11H10ClFN2O5/c12-6-3-9(15(18)19)8(4-7(6)13)14-11(10(16)17)1-2-20-5-11/h3-4,14H,1-2,5H2,(H,16,17). The number of nitro benzene ring substituents is 1. The molecule has 1 aliphatic rings. The van der Waals surface area contributed by atoms with Crippen molar-refractivity contribution in [3.05, 3.63) is 33.1 Å². The summed E-state index contributed by atoms with van der Waals surface area (Å²) in [5.74, 6) is -2.10. The smallest absolute Gasteiger partial charge is 0.331 e. The third kappa shape index (κ3) is 2.52. The highest BCUT2D eigenvalue weighted by atomic mass is 35.5. The Morgan fingerprint density at radius 1 is 1.60 bits per heavy atom. The van der Waals surface area contributed by atoms with E-state index in [9.17, 15) is 24.4 Å². The Labute approximate surface area is 117 Å².